The molecule has 2 atom stereocenters. The molecule has 2 unspecified atom stereocenters. The molecule has 0 fully saturated rings. The summed E-state index contributed by atoms with van der Waals surface area (Å²) < 4.78 is 9.78. The van der Waals surface area contributed by atoms with E-state index in [-0.39, 0.29) is 36.1 Å². The van der Waals surface area contributed by atoms with Crippen molar-refractivity contribution in [3.8, 4) is 5.75 Å². The van der Waals surface area contributed by atoms with Crippen LogP contribution in [0.4, 0.5) is 0 Å². The first-order chi connectivity index (χ1) is 10.3. The van der Waals surface area contributed by atoms with Gasteiger partial charge in [-0.15, -0.1) is 0 Å². The minimum absolute atomic E-state index is 0.00638. The number of phenolic OH excluding ortho intramolecular Hbond substituents is 1. The number of rotatable bonds is 6. The molecule has 0 aliphatic carbocycles. The van der Waals surface area contributed by atoms with Gasteiger partial charge in [0.15, 0.2) is 0 Å². The molecule has 0 amide bonds. The van der Waals surface area contributed by atoms with E-state index in [1.165, 1.54) is 14.0 Å². The summed E-state index contributed by atoms with van der Waals surface area (Å²) in [5.41, 5.74) is 1.43. The van der Waals surface area contributed by atoms with E-state index >= 15 is 0 Å². The molecule has 5 heteroatoms. The molecule has 122 valence electrons. The molecular formula is C17H24O5. The van der Waals surface area contributed by atoms with Crippen LogP contribution in [0.15, 0.2) is 18.2 Å². The molecule has 0 radical (unpaired) electrons. The van der Waals surface area contributed by atoms with Crippen molar-refractivity contribution < 1.29 is 24.2 Å². The summed E-state index contributed by atoms with van der Waals surface area (Å²) in [5.74, 6) is -0.764. The molecule has 1 rings (SSSR count). The minimum atomic E-state index is -0.409. The summed E-state index contributed by atoms with van der Waals surface area (Å²) in [6.07, 6.45) is 0. The van der Waals surface area contributed by atoms with Crippen LogP contribution in [-0.4, -0.2) is 24.2 Å². The van der Waals surface area contributed by atoms with Gasteiger partial charge < -0.3 is 14.6 Å². The van der Waals surface area contributed by atoms with Crippen molar-refractivity contribution >= 4 is 11.9 Å². The van der Waals surface area contributed by atoms with Crippen molar-refractivity contribution in [1.29, 1.82) is 0 Å². The highest BCUT2D eigenvalue weighted by Gasteiger charge is 2.29. The Balaban J connectivity index is 3.12. The zero-order valence-electron chi connectivity index (χ0n) is 13.8. The first-order valence-corrected chi connectivity index (χ1v) is 7.30. The molecule has 5 nitrogen and oxygen atoms in total. The SMILES string of the molecule is COC(=O)C(C)C(c1ccc(O)c(COC(C)=O)c1)C(C)C. The van der Waals surface area contributed by atoms with Crippen LogP contribution in [0.5, 0.6) is 5.75 Å². The van der Waals surface area contributed by atoms with Crippen molar-refractivity contribution in [1.82, 2.24) is 0 Å². The van der Waals surface area contributed by atoms with Crippen molar-refractivity contribution in [2.75, 3.05) is 7.11 Å². The molecule has 0 saturated carbocycles. The van der Waals surface area contributed by atoms with Crippen LogP contribution in [-0.2, 0) is 25.7 Å². The summed E-state index contributed by atoms with van der Waals surface area (Å²) >= 11 is 0. The lowest BCUT2D eigenvalue weighted by molar-refractivity contribution is -0.146. The number of methoxy groups -OCH3 is 1. The quantitative estimate of drug-likeness (QED) is 0.818. The minimum Gasteiger partial charge on any atom is -0.508 e. The number of carbonyl (C=O) groups excluding carboxylic acids is 2. The Hall–Kier alpha value is -2.04. The number of aromatic hydroxyl groups is 1. The number of benzene rings is 1. The maximum absolute atomic E-state index is 11.9. The van der Waals surface area contributed by atoms with E-state index in [1.54, 1.807) is 18.2 Å². The molecule has 0 aliphatic rings. The number of ether oxygens (including phenoxy) is 2. The second kappa shape index (κ2) is 7.82. The van der Waals surface area contributed by atoms with Crippen molar-refractivity contribution in [3.63, 3.8) is 0 Å². The Morgan fingerprint density at radius 2 is 1.86 bits per heavy atom. The van der Waals surface area contributed by atoms with Gasteiger partial charge in [0, 0.05) is 12.5 Å². The molecular weight excluding hydrogens is 284 g/mol. The smallest absolute Gasteiger partial charge is 0.309 e. The average Bonchev–Trinajstić information content (AvgIpc) is 2.46. The highest BCUT2D eigenvalue weighted by atomic mass is 16.5. The third kappa shape index (κ3) is 4.48. The summed E-state index contributed by atoms with van der Waals surface area (Å²) in [5, 5.41) is 9.88. The number of phenols is 1. The zero-order chi connectivity index (χ0) is 16.9. The van der Waals surface area contributed by atoms with E-state index in [0.29, 0.717) is 5.56 Å². The predicted molar refractivity (Wildman–Crippen MR) is 82.3 cm³/mol. The van der Waals surface area contributed by atoms with Gasteiger partial charge in [0.25, 0.3) is 0 Å². The molecule has 1 aromatic carbocycles. The van der Waals surface area contributed by atoms with Crippen molar-refractivity contribution in [2.24, 2.45) is 11.8 Å². The Bertz CT molecular complexity index is 536. The summed E-state index contributed by atoms with van der Waals surface area (Å²) in [4.78, 5) is 22.8. The summed E-state index contributed by atoms with van der Waals surface area (Å²) in [6.45, 7) is 7.21. The van der Waals surface area contributed by atoms with Crippen LogP contribution in [0.2, 0.25) is 0 Å². The Kier molecular flexibility index (Phi) is 6.40. The van der Waals surface area contributed by atoms with Crippen LogP contribution < -0.4 is 0 Å². The van der Waals surface area contributed by atoms with Gasteiger partial charge in [-0.2, -0.15) is 0 Å². The van der Waals surface area contributed by atoms with Gasteiger partial charge in [-0.05, 0) is 29.5 Å². The summed E-state index contributed by atoms with van der Waals surface area (Å²) in [6, 6.07) is 5.13. The first-order valence-electron chi connectivity index (χ1n) is 7.30. The highest BCUT2D eigenvalue weighted by molar-refractivity contribution is 5.73. The third-order valence-electron chi connectivity index (χ3n) is 3.75. The largest absolute Gasteiger partial charge is 0.508 e. The number of hydrogen-bond acceptors (Lipinski definition) is 5. The van der Waals surface area contributed by atoms with E-state index in [1.807, 2.05) is 20.8 Å². The molecule has 22 heavy (non-hydrogen) atoms. The van der Waals surface area contributed by atoms with E-state index in [0.717, 1.165) is 5.56 Å². The fourth-order valence-electron chi connectivity index (χ4n) is 2.69. The van der Waals surface area contributed by atoms with Crippen molar-refractivity contribution in [2.45, 2.75) is 40.2 Å². The van der Waals surface area contributed by atoms with E-state index < -0.39 is 5.97 Å². The number of esters is 2. The molecule has 0 saturated heterocycles. The van der Waals surface area contributed by atoms with Gasteiger partial charge >= 0.3 is 11.9 Å². The molecule has 1 aromatic rings. The van der Waals surface area contributed by atoms with Gasteiger partial charge in [-0.1, -0.05) is 26.8 Å². The molecule has 0 bridgehead atoms. The van der Waals surface area contributed by atoms with Gasteiger partial charge in [0.1, 0.15) is 12.4 Å². The Morgan fingerprint density at radius 3 is 2.36 bits per heavy atom. The van der Waals surface area contributed by atoms with E-state index in [2.05, 4.69) is 0 Å². The van der Waals surface area contributed by atoms with E-state index in [9.17, 15) is 14.7 Å². The number of carbonyl (C=O) groups is 2. The van der Waals surface area contributed by atoms with Gasteiger partial charge in [-0.25, -0.2) is 0 Å². The Morgan fingerprint density at radius 1 is 1.23 bits per heavy atom. The fraction of sp³-hybridized carbons (Fsp3) is 0.529. The average molecular weight is 308 g/mol. The van der Waals surface area contributed by atoms with Gasteiger partial charge in [0.2, 0.25) is 0 Å². The van der Waals surface area contributed by atoms with Crippen LogP contribution in [0.25, 0.3) is 0 Å². The van der Waals surface area contributed by atoms with E-state index in [4.69, 9.17) is 9.47 Å². The molecule has 1 N–H and O–H groups in total. The lowest BCUT2D eigenvalue weighted by Crippen LogP contribution is -2.24. The zero-order valence-corrected chi connectivity index (χ0v) is 13.8. The molecule has 0 aromatic heterocycles. The Labute approximate surface area is 131 Å². The predicted octanol–water partition coefficient (Wildman–Crippen LogP) is 3.00. The maximum Gasteiger partial charge on any atom is 0.309 e. The first kappa shape index (κ1) is 18.0. The second-order valence-corrected chi connectivity index (χ2v) is 5.75. The fourth-order valence-corrected chi connectivity index (χ4v) is 2.69. The normalized spacial score (nSPS) is 13.5. The maximum atomic E-state index is 11.9. The van der Waals surface area contributed by atoms with Crippen LogP contribution in [0, 0.1) is 11.8 Å². The topological polar surface area (TPSA) is 72.8 Å². The second-order valence-electron chi connectivity index (χ2n) is 5.75. The monoisotopic (exact) mass is 308 g/mol. The molecule has 0 aliphatic heterocycles. The van der Waals surface area contributed by atoms with Gasteiger partial charge in [-0.3, -0.25) is 9.59 Å². The third-order valence-corrected chi connectivity index (χ3v) is 3.75. The van der Waals surface area contributed by atoms with Crippen LogP contribution in [0.3, 0.4) is 0 Å². The van der Waals surface area contributed by atoms with Crippen LogP contribution >= 0.6 is 0 Å². The highest BCUT2D eigenvalue weighted by Crippen LogP contribution is 2.35. The number of hydrogen-bond donors (Lipinski definition) is 1. The summed E-state index contributed by atoms with van der Waals surface area (Å²) in [7, 11) is 1.37. The van der Waals surface area contributed by atoms with Crippen molar-refractivity contribution in [3.05, 3.63) is 29.3 Å². The van der Waals surface area contributed by atoms with Gasteiger partial charge in [0.05, 0.1) is 13.0 Å². The lowest BCUT2D eigenvalue weighted by atomic mass is 9.78. The molecule has 0 spiro atoms. The van der Waals surface area contributed by atoms with Crippen LogP contribution in [0.1, 0.15) is 44.7 Å². The standard InChI is InChI=1S/C17H24O5/c1-10(2)16(11(3)17(20)21-5)13-6-7-15(19)14(8-13)9-22-12(4)18/h6-8,10-11,16,19H,9H2,1-5H3. The molecule has 0 heterocycles. The lowest BCUT2D eigenvalue weighted by Gasteiger charge is -2.26.